The number of likely N-dealkylation sites (N-methyl/N-ethyl adjacent to an activating group) is 1. The molecule has 1 atom stereocenters. The van der Waals surface area contributed by atoms with Crippen LogP contribution < -0.4 is 0 Å². The van der Waals surface area contributed by atoms with E-state index in [0.717, 1.165) is 11.1 Å². The second-order valence-electron chi connectivity index (χ2n) is 5.61. The number of benzene rings is 2. The Morgan fingerprint density at radius 2 is 1.80 bits per heavy atom. The zero-order valence-electron chi connectivity index (χ0n) is 13.8. The van der Waals surface area contributed by atoms with Crippen LogP contribution in [0.5, 0.6) is 0 Å². The van der Waals surface area contributed by atoms with Crippen molar-refractivity contribution in [3.63, 3.8) is 0 Å². The van der Waals surface area contributed by atoms with Crippen molar-refractivity contribution in [2.45, 2.75) is 10.4 Å². The predicted molar refractivity (Wildman–Crippen MR) is 101 cm³/mol. The molecule has 0 unspecified atom stereocenters. The summed E-state index contributed by atoms with van der Waals surface area (Å²) in [5.74, 6) is 0.636. The molecule has 25 heavy (non-hydrogen) atoms. The average molecular weight is 373 g/mol. The lowest BCUT2D eigenvalue weighted by Gasteiger charge is -2.19. The van der Waals surface area contributed by atoms with E-state index in [1.54, 1.807) is 31.1 Å². The van der Waals surface area contributed by atoms with Gasteiger partial charge in [-0.25, -0.2) is 4.98 Å². The Bertz CT molecular complexity index is 849. The predicted octanol–water partition coefficient (Wildman–Crippen LogP) is 4.05. The lowest BCUT2D eigenvalue weighted by Crippen LogP contribution is -2.26. The fourth-order valence-electron chi connectivity index (χ4n) is 2.26. The maximum absolute atomic E-state index is 12.6. The molecule has 0 saturated heterocycles. The molecule has 1 aromatic heterocycles. The number of halogens is 1. The van der Waals surface area contributed by atoms with E-state index >= 15 is 0 Å². The van der Waals surface area contributed by atoms with Gasteiger partial charge in [0.25, 0.3) is 0 Å². The van der Waals surface area contributed by atoms with E-state index in [1.807, 2.05) is 42.5 Å². The fraction of sp³-hybridized carbons (Fsp3) is 0.167. The van der Waals surface area contributed by atoms with Gasteiger partial charge < -0.3 is 4.90 Å². The first-order chi connectivity index (χ1) is 12.0. The number of amides is 1. The normalized spacial score (nSPS) is 12.0. The van der Waals surface area contributed by atoms with Crippen LogP contribution in [0.4, 0.5) is 0 Å². The monoisotopic (exact) mass is 372 g/mol. The first-order valence-electron chi connectivity index (χ1n) is 7.65. The molecule has 1 amide bonds. The number of carbonyl (C=O) groups is 1. The number of rotatable bonds is 5. The summed E-state index contributed by atoms with van der Waals surface area (Å²) >= 11 is 7.24. The summed E-state index contributed by atoms with van der Waals surface area (Å²) in [6.45, 7) is 0. The highest BCUT2D eigenvalue weighted by molar-refractivity contribution is 8.00. The van der Waals surface area contributed by atoms with Gasteiger partial charge in [0.15, 0.2) is 5.82 Å². The molecule has 0 bridgehead atoms. The molecular weight excluding hydrogens is 356 g/mol. The third-order valence-electron chi connectivity index (χ3n) is 3.57. The second-order valence-corrected chi connectivity index (χ2v) is 7.12. The summed E-state index contributed by atoms with van der Waals surface area (Å²) in [6, 6.07) is 17.0. The molecule has 0 aliphatic rings. The molecular formula is C18H17ClN4OS. The molecule has 5 nitrogen and oxygen atoms in total. The van der Waals surface area contributed by atoms with Crippen LogP contribution in [-0.2, 0) is 4.79 Å². The minimum Gasteiger partial charge on any atom is -0.348 e. The second kappa shape index (κ2) is 7.72. The SMILES string of the molecule is CN(C)C(=O)[C@H](Sc1n[nH]c(-c2ccc(Cl)cc2)n1)c1ccccc1. The molecule has 0 spiro atoms. The molecule has 0 aliphatic heterocycles. The van der Waals surface area contributed by atoms with E-state index in [9.17, 15) is 4.79 Å². The Kier molecular flexibility index (Phi) is 5.40. The molecule has 3 aromatic rings. The van der Waals surface area contributed by atoms with Gasteiger partial charge in [-0.15, -0.1) is 5.10 Å². The lowest BCUT2D eigenvalue weighted by atomic mass is 10.1. The minimum atomic E-state index is -0.398. The van der Waals surface area contributed by atoms with Crippen molar-refractivity contribution < 1.29 is 4.79 Å². The van der Waals surface area contributed by atoms with Crippen LogP contribution in [0.15, 0.2) is 59.8 Å². The first-order valence-corrected chi connectivity index (χ1v) is 8.91. The quantitative estimate of drug-likeness (QED) is 0.686. The molecule has 7 heteroatoms. The number of aromatic nitrogens is 3. The highest BCUT2D eigenvalue weighted by atomic mass is 35.5. The summed E-state index contributed by atoms with van der Waals surface area (Å²) < 4.78 is 0. The Labute approximate surface area is 155 Å². The van der Waals surface area contributed by atoms with Gasteiger partial charge in [0.2, 0.25) is 11.1 Å². The zero-order valence-corrected chi connectivity index (χ0v) is 15.4. The van der Waals surface area contributed by atoms with E-state index in [-0.39, 0.29) is 5.91 Å². The molecule has 0 radical (unpaired) electrons. The van der Waals surface area contributed by atoms with Crippen molar-refractivity contribution in [1.29, 1.82) is 0 Å². The van der Waals surface area contributed by atoms with Crippen molar-refractivity contribution in [1.82, 2.24) is 20.1 Å². The van der Waals surface area contributed by atoms with Gasteiger partial charge in [-0.2, -0.15) is 0 Å². The van der Waals surface area contributed by atoms with E-state index < -0.39 is 5.25 Å². The standard InChI is InChI=1S/C18H17ClN4OS/c1-23(2)17(24)15(12-6-4-3-5-7-12)25-18-20-16(21-22-18)13-8-10-14(19)11-9-13/h3-11,15H,1-2H3,(H,20,21,22)/t15-/m1/s1. The number of thioether (sulfide) groups is 1. The number of H-pyrrole nitrogens is 1. The molecule has 128 valence electrons. The van der Waals surface area contributed by atoms with Gasteiger partial charge in [0, 0.05) is 24.7 Å². The number of aromatic amines is 1. The third-order valence-corrected chi connectivity index (χ3v) is 4.93. The van der Waals surface area contributed by atoms with Crippen LogP contribution in [-0.4, -0.2) is 40.1 Å². The maximum Gasteiger partial charge on any atom is 0.240 e. The van der Waals surface area contributed by atoms with E-state index in [2.05, 4.69) is 15.2 Å². The first kappa shape index (κ1) is 17.5. The number of nitrogens with zero attached hydrogens (tertiary/aromatic N) is 3. The highest BCUT2D eigenvalue weighted by Gasteiger charge is 2.25. The van der Waals surface area contributed by atoms with E-state index in [1.165, 1.54) is 11.8 Å². The van der Waals surface area contributed by atoms with Gasteiger partial charge in [-0.3, -0.25) is 9.89 Å². The van der Waals surface area contributed by atoms with Gasteiger partial charge >= 0.3 is 0 Å². The Morgan fingerprint density at radius 3 is 2.44 bits per heavy atom. The summed E-state index contributed by atoms with van der Waals surface area (Å²) in [4.78, 5) is 18.7. The van der Waals surface area contributed by atoms with E-state index in [0.29, 0.717) is 16.0 Å². The molecule has 1 N–H and O–H groups in total. The molecule has 0 fully saturated rings. The number of hydrogen-bond acceptors (Lipinski definition) is 4. The molecule has 0 aliphatic carbocycles. The van der Waals surface area contributed by atoms with Crippen molar-refractivity contribution in [2.24, 2.45) is 0 Å². The van der Waals surface area contributed by atoms with Gasteiger partial charge in [0.05, 0.1) is 0 Å². The Balaban J connectivity index is 1.85. The van der Waals surface area contributed by atoms with Gasteiger partial charge in [-0.05, 0) is 29.8 Å². The van der Waals surface area contributed by atoms with Crippen molar-refractivity contribution in [3.8, 4) is 11.4 Å². The highest BCUT2D eigenvalue weighted by Crippen LogP contribution is 2.35. The number of carbonyl (C=O) groups excluding carboxylic acids is 1. The van der Waals surface area contributed by atoms with Crippen LogP contribution in [0, 0.1) is 0 Å². The molecule has 2 aromatic carbocycles. The summed E-state index contributed by atoms with van der Waals surface area (Å²) in [5.41, 5.74) is 1.81. The molecule has 3 rings (SSSR count). The smallest absolute Gasteiger partial charge is 0.240 e. The Hall–Kier alpha value is -2.31. The lowest BCUT2D eigenvalue weighted by molar-refractivity contribution is -0.128. The van der Waals surface area contributed by atoms with Crippen molar-refractivity contribution in [3.05, 3.63) is 65.2 Å². The van der Waals surface area contributed by atoms with Crippen LogP contribution in [0.3, 0.4) is 0 Å². The van der Waals surface area contributed by atoms with Crippen LogP contribution in [0.2, 0.25) is 5.02 Å². The van der Waals surface area contributed by atoms with Crippen LogP contribution in [0.25, 0.3) is 11.4 Å². The summed E-state index contributed by atoms with van der Waals surface area (Å²) in [7, 11) is 3.49. The largest absolute Gasteiger partial charge is 0.348 e. The summed E-state index contributed by atoms with van der Waals surface area (Å²) in [5, 5.41) is 7.95. The van der Waals surface area contributed by atoms with Crippen LogP contribution >= 0.6 is 23.4 Å². The van der Waals surface area contributed by atoms with Crippen LogP contribution in [0.1, 0.15) is 10.8 Å². The van der Waals surface area contributed by atoms with E-state index in [4.69, 9.17) is 11.6 Å². The molecule has 1 heterocycles. The number of hydrogen-bond donors (Lipinski definition) is 1. The van der Waals surface area contributed by atoms with Gasteiger partial charge in [0.1, 0.15) is 5.25 Å². The Morgan fingerprint density at radius 1 is 1.12 bits per heavy atom. The van der Waals surface area contributed by atoms with Crippen molar-refractivity contribution >= 4 is 29.3 Å². The summed E-state index contributed by atoms with van der Waals surface area (Å²) in [6.07, 6.45) is 0. The fourth-order valence-corrected chi connectivity index (χ4v) is 3.45. The van der Waals surface area contributed by atoms with Crippen molar-refractivity contribution in [2.75, 3.05) is 14.1 Å². The zero-order chi connectivity index (χ0) is 17.8. The molecule has 0 saturated carbocycles. The third kappa shape index (κ3) is 4.21. The minimum absolute atomic E-state index is 0.00552. The average Bonchev–Trinajstić information content (AvgIpc) is 3.09. The maximum atomic E-state index is 12.6. The number of nitrogens with one attached hydrogen (secondary N) is 1. The van der Waals surface area contributed by atoms with Gasteiger partial charge in [-0.1, -0.05) is 53.7 Å². The topological polar surface area (TPSA) is 61.9 Å².